The maximum atomic E-state index is 9.78. The molecule has 0 spiro atoms. The molecule has 0 bridgehead atoms. The van der Waals surface area contributed by atoms with E-state index in [4.69, 9.17) is 10.0 Å². The van der Waals surface area contributed by atoms with Crippen molar-refractivity contribution in [3.05, 3.63) is 61.2 Å². The quantitative estimate of drug-likeness (QED) is 0.388. The third-order valence-corrected chi connectivity index (χ3v) is 1.67. The van der Waals surface area contributed by atoms with Gasteiger partial charge in [0.25, 0.3) is 0 Å². The van der Waals surface area contributed by atoms with Gasteiger partial charge in [0.1, 0.15) is 0 Å². The van der Waals surface area contributed by atoms with E-state index in [0.29, 0.717) is 0 Å². The summed E-state index contributed by atoms with van der Waals surface area (Å²) in [6.07, 6.45) is 8.00. The van der Waals surface area contributed by atoms with Gasteiger partial charge in [-0.25, -0.2) is 0 Å². The van der Waals surface area contributed by atoms with Crippen LogP contribution in [0.1, 0.15) is 0 Å². The van der Waals surface area contributed by atoms with Gasteiger partial charge in [-0.2, -0.15) is 0 Å². The van der Waals surface area contributed by atoms with E-state index in [1.165, 1.54) is 0 Å². The summed E-state index contributed by atoms with van der Waals surface area (Å²) in [5, 5.41) is 16.4. The topological polar surface area (TPSA) is 53.9 Å². The molecule has 0 aliphatic heterocycles. The van der Waals surface area contributed by atoms with Crippen molar-refractivity contribution in [2.75, 3.05) is 0 Å². The van der Waals surface area contributed by atoms with Crippen LogP contribution in [0.2, 0.25) is 0 Å². The molecule has 0 aliphatic carbocycles. The largest absolute Gasteiger partial charge is 0.824 e. The zero-order valence-corrected chi connectivity index (χ0v) is 10.2. The first-order valence-electron chi connectivity index (χ1n) is 5.24. The van der Waals surface area contributed by atoms with Gasteiger partial charge in [0, 0.05) is 24.3 Å². The van der Waals surface area contributed by atoms with Crippen LogP contribution in [0.4, 0.5) is 17.3 Å². The van der Waals surface area contributed by atoms with Crippen molar-refractivity contribution in [3.8, 4) is 0 Å². The van der Waals surface area contributed by atoms with Gasteiger partial charge in [-0.1, -0.05) is 0 Å². The minimum atomic E-state index is -3.42. The van der Waals surface area contributed by atoms with Crippen LogP contribution >= 0.6 is 0 Å². The summed E-state index contributed by atoms with van der Waals surface area (Å²) in [4.78, 5) is 0. The molecule has 0 aliphatic rings. The molecule has 2 rings (SSSR count). The molecule has 106 valence electrons. The lowest BCUT2D eigenvalue weighted by atomic mass is 10.4. The Bertz CT molecular complexity index is 403. The van der Waals surface area contributed by atoms with E-state index in [9.17, 15) is 17.3 Å². The Morgan fingerprint density at radius 2 is 0.750 bits per heavy atom. The third-order valence-electron chi connectivity index (χ3n) is 1.67. The fourth-order valence-electron chi connectivity index (χ4n) is 1.09. The fraction of sp³-hybridized carbons (Fsp3) is 0. The summed E-state index contributed by atoms with van der Waals surface area (Å²) < 4.78 is 43.1. The maximum absolute atomic E-state index is 9.78. The van der Waals surface area contributed by atoms with Crippen molar-refractivity contribution in [1.29, 1.82) is 0 Å². The molecule has 0 atom stereocenters. The number of rotatable bonds is 1. The molecular formula is C10H10B2F4N2O2. The van der Waals surface area contributed by atoms with Gasteiger partial charge in [-0.15, -0.1) is 0 Å². The summed E-state index contributed by atoms with van der Waals surface area (Å²) in [6.45, 7) is 0. The van der Waals surface area contributed by atoms with Crippen LogP contribution in [0.15, 0.2) is 61.2 Å². The molecule has 0 saturated heterocycles. The Morgan fingerprint density at radius 3 is 0.950 bits per heavy atom. The Labute approximate surface area is 113 Å². The van der Waals surface area contributed by atoms with Crippen molar-refractivity contribution in [1.82, 2.24) is 0 Å². The third kappa shape index (κ3) is 11.2. The highest BCUT2D eigenvalue weighted by atomic mass is 19.2. The maximum Gasteiger partial charge on any atom is 0.447 e. The molecule has 0 radical (unpaired) electrons. The SMILES string of the molecule is [O-]B(F)F.[O-]B(F)F.c1cc[n+](-[n+]2ccccc2)cc1. The van der Waals surface area contributed by atoms with E-state index in [1.54, 1.807) is 0 Å². The smallest absolute Gasteiger partial charge is 0.447 e. The van der Waals surface area contributed by atoms with Gasteiger partial charge >= 0.3 is 14.9 Å². The molecule has 20 heavy (non-hydrogen) atoms. The standard InChI is InChI=1S/C10H10N2.2BF2O/c1-3-7-11(8-4-1)12-9-5-2-6-10-12;2*2-1(3)4/h1-10H;;/q+2;2*-1. The lowest BCUT2D eigenvalue weighted by Crippen LogP contribution is -2.65. The van der Waals surface area contributed by atoms with Crippen molar-refractivity contribution in [3.63, 3.8) is 0 Å². The number of halogens is 4. The van der Waals surface area contributed by atoms with E-state index in [1.807, 2.05) is 70.5 Å². The first kappa shape index (κ1) is 18.1. The Hall–Kier alpha value is -1.93. The minimum absolute atomic E-state index is 2.00. The Kier molecular flexibility index (Phi) is 9.89. The van der Waals surface area contributed by atoms with E-state index in [-0.39, 0.29) is 0 Å². The van der Waals surface area contributed by atoms with Crippen LogP contribution in [-0.4, -0.2) is 14.9 Å². The molecule has 4 nitrogen and oxygen atoms in total. The van der Waals surface area contributed by atoms with Crippen molar-refractivity contribution < 1.29 is 36.7 Å². The van der Waals surface area contributed by atoms with Crippen molar-refractivity contribution in [2.45, 2.75) is 0 Å². The van der Waals surface area contributed by atoms with Crippen LogP contribution in [0, 0.1) is 0 Å². The average Bonchev–Trinajstić information content (AvgIpc) is 2.39. The van der Waals surface area contributed by atoms with Gasteiger partial charge in [-0.3, -0.25) is 0 Å². The highest BCUT2D eigenvalue weighted by Gasteiger charge is 2.06. The predicted octanol–water partition coefficient (Wildman–Crippen LogP) is -0.886. The van der Waals surface area contributed by atoms with Gasteiger partial charge < -0.3 is 27.3 Å². The molecule has 0 unspecified atom stereocenters. The van der Waals surface area contributed by atoms with E-state index < -0.39 is 14.9 Å². The summed E-state index contributed by atoms with van der Waals surface area (Å²) in [6, 6.07) is 12.0. The number of aromatic nitrogens is 2. The van der Waals surface area contributed by atoms with E-state index in [2.05, 4.69) is 0 Å². The number of pyridine rings is 2. The van der Waals surface area contributed by atoms with Crippen LogP contribution in [0.3, 0.4) is 0 Å². The fourth-order valence-corrected chi connectivity index (χ4v) is 1.09. The first-order valence-corrected chi connectivity index (χ1v) is 5.24. The normalized spacial score (nSPS) is 8.50. The van der Waals surface area contributed by atoms with Crippen LogP contribution < -0.4 is 19.4 Å². The van der Waals surface area contributed by atoms with Crippen molar-refractivity contribution >= 4 is 14.9 Å². The zero-order chi connectivity index (χ0) is 15.4. The van der Waals surface area contributed by atoms with Crippen LogP contribution in [-0.2, 0) is 0 Å². The highest BCUT2D eigenvalue weighted by Crippen LogP contribution is 1.76. The lowest BCUT2D eigenvalue weighted by Gasteiger charge is -1.84. The Morgan fingerprint density at radius 1 is 0.550 bits per heavy atom. The second-order valence-corrected chi connectivity index (χ2v) is 3.03. The molecular weight excluding hydrogens is 278 g/mol. The first-order chi connectivity index (χ1) is 9.43. The molecule has 0 N–H and O–H groups in total. The summed E-state index contributed by atoms with van der Waals surface area (Å²) >= 11 is 0. The van der Waals surface area contributed by atoms with Gasteiger partial charge in [0.2, 0.25) is 24.8 Å². The minimum Gasteiger partial charge on any atom is -0.824 e. The average molecular weight is 288 g/mol. The molecule has 0 fully saturated rings. The number of nitrogens with zero attached hydrogens (tertiary/aromatic N) is 2. The molecule has 2 heterocycles. The van der Waals surface area contributed by atoms with Crippen LogP contribution in [0.25, 0.3) is 0 Å². The second-order valence-electron chi connectivity index (χ2n) is 3.03. The Balaban J connectivity index is 0.000000380. The van der Waals surface area contributed by atoms with Crippen LogP contribution in [0.5, 0.6) is 0 Å². The summed E-state index contributed by atoms with van der Waals surface area (Å²) in [7, 11) is -6.83. The summed E-state index contributed by atoms with van der Waals surface area (Å²) in [5.41, 5.74) is 0. The van der Waals surface area contributed by atoms with E-state index in [0.717, 1.165) is 0 Å². The lowest BCUT2D eigenvalue weighted by molar-refractivity contribution is -1.30. The summed E-state index contributed by atoms with van der Waals surface area (Å²) in [5.74, 6) is 0. The van der Waals surface area contributed by atoms with Gasteiger partial charge in [0.15, 0.2) is 0 Å². The molecule has 0 aromatic carbocycles. The second kappa shape index (κ2) is 10.9. The number of hydrogen-bond donors (Lipinski definition) is 0. The molecule has 2 aromatic heterocycles. The highest BCUT2D eigenvalue weighted by molar-refractivity contribution is 6.30. The molecule has 0 amide bonds. The van der Waals surface area contributed by atoms with Crippen molar-refractivity contribution in [2.24, 2.45) is 0 Å². The number of hydrogen-bond acceptors (Lipinski definition) is 2. The monoisotopic (exact) mass is 288 g/mol. The van der Waals surface area contributed by atoms with E-state index >= 15 is 0 Å². The molecule has 0 saturated carbocycles. The zero-order valence-electron chi connectivity index (χ0n) is 10.2. The van der Waals surface area contributed by atoms with Gasteiger partial charge in [-0.05, 0) is 12.1 Å². The molecule has 10 heteroatoms. The predicted molar refractivity (Wildman–Crippen MR) is 60.0 cm³/mol. The molecule has 2 aromatic rings. The van der Waals surface area contributed by atoms with Gasteiger partial charge in [0.05, 0.1) is 9.35 Å².